The molecule has 2 N–H and O–H groups in total. The van der Waals surface area contributed by atoms with Crippen molar-refractivity contribution in [3.05, 3.63) is 34.1 Å². The summed E-state index contributed by atoms with van der Waals surface area (Å²) in [6.45, 7) is 7.94. The van der Waals surface area contributed by atoms with Crippen LogP contribution in [0.3, 0.4) is 0 Å². The molecule has 1 aromatic heterocycles. The van der Waals surface area contributed by atoms with Gasteiger partial charge in [0.1, 0.15) is 5.75 Å². The Kier molecular flexibility index (Phi) is 3.85. The molecular formula is C14H18BrN3O. The largest absolute Gasteiger partial charge is 0.489 e. The standard InChI is InChI=1S/C14H18BrN3O/c1-8(2)19-13-7-11(5-6-12(13)16)18-10(4)14(15)9(3)17-18/h5-8H,16H2,1-4H3. The number of nitrogens with zero attached hydrogens (tertiary/aromatic N) is 2. The molecule has 1 heterocycles. The fourth-order valence-corrected chi connectivity index (χ4v) is 2.13. The number of anilines is 1. The summed E-state index contributed by atoms with van der Waals surface area (Å²) in [5.74, 6) is 0.691. The van der Waals surface area contributed by atoms with Gasteiger partial charge in [-0.3, -0.25) is 0 Å². The summed E-state index contributed by atoms with van der Waals surface area (Å²) in [6.07, 6.45) is 0.0877. The average Bonchev–Trinajstić information content (AvgIpc) is 2.59. The molecule has 4 nitrogen and oxygen atoms in total. The first-order valence-corrected chi connectivity index (χ1v) is 6.97. The topological polar surface area (TPSA) is 53.1 Å². The zero-order valence-corrected chi connectivity index (χ0v) is 13.2. The van der Waals surface area contributed by atoms with E-state index in [0.717, 1.165) is 21.5 Å². The van der Waals surface area contributed by atoms with E-state index in [9.17, 15) is 0 Å². The Morgan fingerprint density at radius 2 is 2.00 bits per heavy atom. The zero-order chi connectivity index (χ0) is 14.2. The Morgan fingerprint density at radius 3 is 2.53 bits per heavy atom. The third kappa shape index (κ3) is 2.76. The molecule has 0 bridgehead atoms. The van der Waals surface area contributed by atoms with Gasteiger partial charge in [0.05, 0.1) is 33.3 Å². The second kappa shape index (κ2) is 5.25. The maximum atomic E-state index is 5.93. The van der Waals surface area contributed by atoms with Crippen molar-refractivity contribution < 1.29 is 4.74 Å². The molecule has 0 amide bonds. The van der Waals surface area contributed by atoms with E-state index < -0.39 is 0 Å². The van der Waals surface area contributed by atoms with Crippen molar-refractivity contribution >= 4 is 21.6 Å². The van der Waals surface area contributed by atoms with Crippen molar-refractivity contribution in [1.82, 2.24) is 9.78 Å². The fraction of sp³-hybridized carbons (Fsp3) is 0.357. The van der Waals surface area contributed by atoms with Gasteiger partial charge < -0.3 is 10.5 Å². The lowest BCUT2D eigenvalue weighted by atomic mass is 10.2. The van der Waals surface area contributed by atoms with E-state index in [4.69, 9.17) is 10.5 Å². The third-order valence-corrected chi connectivity index (χ3v) is 3.96. The molecular weight excluding hydrogens is 306 g/mol. The molecule has 0 aliphatic rings. The number of ether oxygens (including phenoxy) is 1. The van der Waals surface area contributed by atoms with E-state index >= 15 is 0 Å². The lowest BCUT2D eigenvalue weighted by molar-refractivity contribution is 0.244. The van der Waals surface area contributed by atoms with Gasteiger partial charge in [0, 0.05) is 6.07 Å². The smallest absolute Gasteiger partial charge is 0.144 e. The Balaban J connectivity index is 2.48. The van der Waals surface area contributed by atoms with Crippen LogP contribution in [0, 0.1) is 13.8 Å². The zero-order valence-electron chi connectivity index (χ0n) is 11.6. The average molecular weight is 324 g/mol. The highest BCUT2D eigenvalue weighted by molar-refractivity contribution is 9.10. The maximum Gasteiger partial charge on any atom is 0.144 e. The second-order valence-electron chi connectivity index (χ2n) is 4.79. The summed E-state index contributed by atoms with van der Waals surface area (Å²) in [7, 11) is 0. The predicted octanol–water partition coefficient (Wildman–Crippen LogP) is 3.62. The van der Waals surface area contributed by atoms with Crippen LogP contribution in [0.15, 0.2) is 22.7 Å². The Labute approximate surface area is 121 Å². The van der Waals surface area contributed by atoms with Crippen LogP contribution in [0.1, 0.15) is 25.2 Å². The van der Waals surface area contributed by atoms with Crippen molar-refractivity contribution in [1.29, 1.82) is 0 Å². The number of hydrogen-bond acceptors (Lipinski definition) is 3. The molecule has 2 aromatic rings. The molecule has 0 saturated carbocycles. The first-order chi connectivity index (χ1) is 8.90. The third-order valence-electron chi connectivity index (χ3n) is 2.81. The summed E-state index contributed by atoms with van der Waals surface area (Å²) in [6, 6.07) is 5.70. The van der Waals surface area contributed by atoms with Gasteiger partial charge in [-0.2, -0.15) is 5.10 Å². The molecule has 0 radical (unpaired) electrons. The summed E-state index contributed by atoms with van der Waals surface area (Å²) in [5, 5.41) is 4.50. The minimum absolute atomic E-state index is 0.0877. The van der Waals surface area contributed by atoms with E-state index in [2.05, 4.69) is 21.0 Å². The molecule has 0 aliphatic carbocycles. The predicted molar refractivity (Wildman–Crippen MR) is 80.9 cm³/mol. The van der Waals surface area contributed by atoms with Crippen LogP contribution < -0.4 is 10.5 Å². The van der Waals surface area contributed by atoms with Crippen molar-refractivity contribution in [2.45, 2.75) is 33.8 Å². The molecule has 0 fully saturated rings. The number of nitrogens with two attached hydrogens (primary N) is 1. The minimum atomic E-state index is 0.0877. The Hall–Kier alpha value is -1.49. The molecule has 0 unspecified atom stereocenters. The van der Waals surface area contributed by atoms with Crippen molar-refractivity contribution in [3.63, 3.8) is 0 Å². The highest BCUT2D eigenvalue weighted by Crippen LogP contribution is 2.28. The maximum absolute atomic E-state index is 5.93. The minimum Gasteiger partial charge on any atom is -0.489 e. The number of rotatable bonds is 3. The highest BCUT2D eigenvalue weighted by atomic mass is 79.9. The molecule has 19 heavy (non-hydrogen) atoms. The summed E-state index contributed by atoms with van der Waals surface area (Å²) < 4.78 is 8.61. The lowest BCUT2D eigenvalue weighted by Crippen LogP contribution is -2.08. The monoisotopic (exact) mass is 323 g/mol. The second-order valence-corrected chi connectivity index (χ2v) is 5.58. The van der Waals surface area contributed by atoms with Gasteiger partial charge >= 0.3 is 0 Å². The van der Waals surface area contributed by atoms with E-state index in [-0.39, 0.29) is 6.10 Å². The normalized spacial score (nSPS) is 11.1. The van der Waals surface area contributed by atoms with Crippen molar-refractivity contribution in [2.24, 2.45) is 0 Å². The number of aryl methyl sites for hydroxylation is 1. The van der Waals surface area contributed by atoms with E-state index in [1.54, 1.807) is 0 Å². The summed E-state index contributed by atoms with van der Waals surface area (Å²) in [5.41, 5.74) is 9.52. The van der Waals surface area contributed by atoms with Gasteiger partial charge in [0.2, 0.25) is 0 Å². The summed E-state index contributed by atoms with van der Waals surface area (Å²) in [4.78, 5) is 0. The van der Waals surface area contributed by atoms with Gasteiger partial charge in [-0.15, -0.1) is 0 Å². The Bertz CT molecular complexity index is 605. The fourth-order valence-electron chi connectivity index (χ4n) is 1.89. The molecule has 0 atom stereocenters. The van der Waals surface area contributed by atoms with Crippen LogP contribution in [0.25, 0.3) is 5.69 Å². The van der Waals surface area contributed by atoms with Gasteiger partial charge in [-0.05, 0) is 55.8 Å². The van der Waals surface area contributed by atoms with Crippen LogP contribution in [-0.2, 0) is 0 Å². The number of aromatic nitrogens is 2. The van der Waals surface area contributed by atoms with E-state index in [1.165, 1.54) is 0 Å². The SMILES string of the molecule is Cc1nn(-c2ccc(N)c(OC(C)C)c2)c(C)c1Br. The molecule has 102 valence electrons. The van der Waals surface area contributed by atoms with Crippen LogP contribution in [0.2, 0.25) is 0 Å². The molecule has 2 rings (SSSR count). The van der Waals surface area contributed by atoms with Gasteiger partial charge in [0.25, 0.3) is 0 Å². The van der Waals surface area contributed by atoms with Crippen LogP contribution >= 0.6 is 15.9 Å². The van der Waals surface area contributed by atoms with Gasteiger partial charge in [0.15, 0.2) is 0 Å². The Morgan fingerprint density at radius 1 is 1.32 bits per heavy atom. The van der Waals surface area contributed by atoms with Gasteiger partial charge in [-0.1, -0.05) is 0 Å². The van der Waals surface area contributed by atoms with E-state index in [0.29, 0.717) is 11.4 Å². The number of hydrogen-bond donors (Lipinski definition) is 1. The number of nitrogen functional groups attached to an aromatic ring is 1. The first kappa shape index (κ1) is 13.9. The van der Waals surface area contributed by atoms with E-state index in [1.807, 2.05) is 50.6 Å². The molecule has 0 saturated heterocycles. The van der Waals surface area contributed by atoms with Crippen LogP contribution in [-0.4, -0.2) is 15.9 Å². The number of halogens is 1. The summed E-state index contributed by atoms with van der Waals surface area (Å²) >= 11 is 3.53. The van der Waals surface area contributed by atoms with Crippen LogP contribution in [0.5, 0.6) is 5.75 Å². The lowest BCUT2D eigenvalue weighted by Gasteiger charge is -2.14. The molecule has 1 aromatic carbocycles. The van der Waals surface area contributed by atoms with Gasteiger partial charge in [-0.25, -0.2) is 4.68 Å². The van der Waals surface area contributed by atoms with Crippen molar-refractivity contribution in [2.75, 3.05) is 5.73 Å². The molecule has 0 aliphatic heterocycles. The highest BCUT2D eigenvalue weighted by Gasteiger charge is 2.12. The first-order valence-electron chi connectivity index (χ1n) is 6.18. The van der Waals surface area contributed by atoms with Crippen molar-refractivity contribution in [3.8, 4) is 11.4 Å². The number of benzene rings is 1. The van der Waals surface area contributed by atoms with Crippen LogP contribution in [0.4, 0.5) is 5.69 Å². The quantitative estimate of drug-likeness (QED) is 0.877. The molecule has 5 heteroatoms. The molecule has 0 spiro atoms.